The van der Waals surface area contributed by atoms with Gasteiger partial charge in [-0.15, -0.1) is 0 Å². The molecule has 3 aromatic carbocycles. The van der Waals surface area contributed by atoms with Crippen molar-refractivity contribution in [2.45, 2.75) is 55.6 Å². The molecule has 0 radical (unpaired) electrons. The van der Waals surface area contributed by atoms with Crippen molar-refractivity contribution in [3.8, 4) is 6.07 Å². The summed E-state index contributed by atoms with van der Waals surface area (Å²) in [5.74, 6) is -1.76. The molecular formula is C31H32F3N3O4S. The van der Waals surface area contributed by atoms with Gasteiger partial charge in [-0.1, -0.05) is 31.2 Å². The van der Waals surface area contributed by atoms with Gasteiger partial charge in [-0.05, 0) is 72.0 Å². The van der Waals surface area contributed by atoms with Crippen molar-refractivity contribution in [3.63, 3.8) is 0 Å². The predicted molar refractivity (Wildman–Crippen MR) is 153 cm³/mol. The van der Waals surface area contributed by atoms with Crippen LogP contribution in [-0.2, 0) is 14.6 Å². The van der Waals surface area contributed by atoms with E-state index in [0.717, 1.165) is 5.56 Å². The molecule has 3 aromatic rings. The first-order valence-electron chi connectivity index (χ1n) is 13.6. The lowest BCUT2D eigenvalue weighted by Crippen LogP contribution is -2.45. The third kappa shape index (κ3) is 7.12. The number of benzene rings is 3. The number of amides is 1. The minimum absolute atomic E-state index is 0.0179. The van der Waals surface area contributed by atoms with E-state index < -0.39 is 34.3 Å². The lowest BCUT2D eigenvalue weighted by molar-refractivity contribution is -0.133. The molecule has 3 atom stereocenters. The Bertz CT molecular complexity index is 1540. The van der Waals surface area contributed by atoms with E-state index in [0.29, 0.717) is 36.2 Å². The van der Waals surface area contributed by atoms with Crippen LogP contribution in [-0.4, -0.2) is 45.9 Å². The molecule has 7 nitrogen and oxygen atoms in total. The number of halogens is 3. The Morgan fingerprint density at radius 2 is 1.79 bits per heavy atom. The Morgan fingerprint density at radius 3 is 2.38 bits per heavy atom. The highest BCUT2D eigenvalue weighted by atomic mass is 32.2. The van der Waals surface area contributed by atoms with Gasteiger partial charge in [0.05, 0.1) is 29.4 Å². The molecule has 1 saturated heterocycles. The van der Waals surface area contributed by atoms with E-state index in [1.165, 1.54) is 24.3 Å². The summed E-state index contributed by atoms with van der Waals surface area (Å²) < 4.78 is 68.9. The van der Waals surface area contributed by atoms with Crippen LogP contribution in [0.3, 0.4) is 0 Å². The first kappa shape index (κ1) is 31.1. The zero-order chi connectivity index (χ0) is 30.4. The average molecular weight is 600 g/mol. The number of anilines is 1. The summed E-state index contributed by atoms with van der Waals surface area (Å²) in [5, 5.41) is 9.69. The molecule has 11 heteroatoms. The topological polar surface area (TPSA) is 113 Å². The van der Waals surface area contributed by atoms with E-state index >= 15 is 0 Å². The van der Waals surface area contributed by atoms with Crippen LogP contribution in [0.5, 0.6) is 0 Å². The number of hydrogen-bond acceptors (Lipinski definition) is 6. The number of primary amides is 1. The SMILES string of the molecule is CCS(=O)(=O)c1ccc([C@H](CC#N)c2cc(N3C[C@H](c4ccc(F)cc4)CC[C@H]3COC(F)F)ccc2C(N)=O)cc1. The smallest absolute Gasteiger partial charge is 0.345 e. The standard InChI is InChI=1S/C31H32F3N3O4S/c1-2-42(39,40)26-12-6-21(7-13-26)27(15-16-35)29-17-24(11-14-28(29)30(36)38)37-18-22(20-3-8-23(32)9-4-20)5-10-25(37)19-41-31(33)34/h3-4,6-9,11-14,17,22,25,27,31H,2,5,10,15,18-19H2,1H3,(H2,36,38)/t22-,25+,27+/m1/s1. The molecule has 0 spiro atoms. The van der Waals surface area contributed by atoms with Gasteiger partial charge >= 0.3 is 6.61 Å². The monoisotopic (exact) mass is 599 g/mol. The van der Waals surface area contributed by atoms with Crippen LogP contribution in [0.1, 0.15) is 65.1 Å². The van der Waals surface area contributed by atoms with Crippen LogP contribution in [0.2, 0.25) is 0 Å². The van der Waals surface area contributed by atoms with Crippen molar-refractivity contribution in [1.29, 1.82) is 5.26 Å². The number of piperidine rings is 1. The lowest BCUT2D eigenvalue weighted by Gasteiger charge is -2.41. The van der Waals surface area contributed by atoms with E-state index in [9.17, 15) is 31.6 Å². The van der Waals surface area contributed by atoms with Gasteiger partial charge in [0.2, 0.25) is 5.91 Å². The van der Waals surface area contributed by atoms with E-state index in [-0.39, 0.29) is 41.0 Å². The number of nitriles is 1. The molecule has 1 aliphatic heterocycles. The van der Waals surface area contributed by atoms with Crippen LogP contribution < -0.4 is 10.6 Å². The number of sulfone groups is 1. The lowest BCUT2D eigenvalue weighted by atomic mass is 9.84. The van der Waals surface area contributed by atoms with Gasteiger partial charge in [-0.25, -0.2) is 12.8 Å². The number of rotatable bonds is 11. The number of hydrogen-bond donors (Lipinski definition) is 1. The number of ether oxygens (including phenoxy) is 1. The summed E-state index contributed by atoms with van der Waals surface area (Å²) >= 11 is 0. The largest absolute Gasteiger partial charge is 0.366 e. The van der Waals surface area contributed by atoms with Gasteiger partial charge in [-0.2, -0.15) is 14.0 Å². The number of carbonyl (C=O) groups is 1. The number of nitrogens with zero attached hydrogens (tertiary/aromatic N) is 2. The highest BCUT2D eigenvalue weighted by Crippen LogP contribution is 2.38. The Balaban J connectivity index is 1.76. The molecular weight excluding hydrogens is 567 g/mol. The normalized spacial score (nSPS) is 18.0. The fourth-order valence-corrected chi connectivity index (χ4v) is 6.41. The summed E-state index contributed by atoms with van der Waals surface area (Å²) in [6.45, 7) is -1.19. The van der Waals surface area contributed by atoms with Crippen molar-refractivity contribution >= 4 is 21.4 Å². The second kappa shape index (κ2) is 13.4. The van der Waals surface area contributed by atoms with E-state index in [1.54, 1.807) is 49.4 Å². The molecule has 4 rings (SSSR count). The predicted octanol–water partition coefficient (Wildman–Crippen LogP) is 5.76. The quantitative estimate of drug-likeness (QED) is 0.300. The van der Waals surface area contributed by atoms with Crippen molar-refractivity contribution in [2.24, 2.45) is 5.73 Å². The third-order valence-corrected chi connectivity index (χ3v) is 9.54. The maximum absolute atomic E-state index is 13.6. The first-order chi connectivity index (χ1) is 20.0. The Kier molecular flexibility index (Phi) is 9.91. The van der Waals surface area contributed by atoms with E-state index in [4.69, 9.17) is 10.5 Å². The van der Waals surface area contributed by atoms with Gasteiger partial charge < -0.3 is 15.4 Å². The van der Waals surface area contributed by atoms with Crippen LogP contribution in [0, 0.1) is 17.1 Å². The van der Waals surface area contributed by atoms with Crippen LogP contribution in [0.4, 0.5) is 18.9 Å². The number of nitrogens with two attached hydrogens (primary N) is 1. The van der Waals surface area contributed by atoms with E-state index in [2.05, 4.69) is 6.07 Å². The van der Waals surface area contributed by atoms with Crippen molar-refractivity contribution < 1.29 is 31.1 Å². The van der Waals surface area contributed by atoms with Crippen LogP contribution >= 0.6 is 0 Å². The molecule has 0 aliphatic carbocycles. The average Bonchev–Trinajstić information content (AvgIpc) is 2.99. The number of alkyl halides is 2. The molecule has 2 N–H and O–H groups in total. The molecule has 1 aliphatic rings. The number of carbonyl (C=O) groups excluding carboxylic acids is 1. The Hall–Kier alpha value is -3.88. The van der Waals surface area contributed by atoms with Crippen LogP contribution in [0.25, 0.3) is 0 Å². The highest BCUT2D eigenvalue weighted by molar-refractivity contribution is 7.91. The maximum Gasteiger partial charge on any atom is 0.345 e. The summed E-state index contributed by atoms with van der Waals surface area (Å²) in [7, 11) is -3.44. The fraction of sp³-hybridized carbons (Fsp3) is 0.355. The van der Waals surface area contributed by atoms with Gasteiger partial charge in [0.25, 0.3) is 0 Å². The first-order valence-corrected chi connectivity index (χ1v) is 15.2. The van der Waals surface area contributed by atoms with Gasteiger partial charge in [0, 0.05) is 36.1 Å². The van der Waals surface area contributed by atoms with Gasteiger partial charge in [0.15, 0.2) is 9.84 Å². The third-order valence-electron chi connectivity index (χ3n) is 7.79. The molecule has 42 heavy (non-hydrogen) atoms. The Morgan fingerprint density at radius 1 is 1.10 bits per heavy atom. The van der Waals surface area contributed by atoms with Gasteiger partial charge in [-0.3, -0.25) is 4.79 Å². The maximum atomic E-state index is 13.6. The molecule has 0 saturated carbocycles. The molecule has 222 valence electrons. The summed E-state index contributed by atoms with van der Waals surface area (Å²) in [5.41, 5.74) is 8.53. The summed E-state index contributed by atoms with van der Waals surface area (Å²) in [4.78, 5) is 14.6. The molecule has 0 bridgehead atoms. The molecule has 0 unspecified atom stereocenters. The highest BCUT2D eigenvalue weighted by Gasteiger charge is 2.32. The molecule has 1 fully saturated rings. The minimum Gasteiger partial charge on any atom is -0.366 e. The Labute approximate surface area is 243 Å². The minimum atomic E-state index is -3.44. The van der Waals surface area contributed by atoms with E-state index in [1.807, 2.05) is 4.90 Å². The van der Waals surface area contributed by atoms with Crippen molar-refractivity contribution in [2.75, 3.05) is 23.8 Å². The fourth-order valence-electron chi connectivity index (χ4n) is 5.52. The molecule has 1 amide bonds. The second-order valence-corrected chi connectivity index (χ2v) is 12.5. The van der Waals surface area contributed by atoms with Crippen LogP contribution in [0.15, 0.2) is 71.6 Å². The summed E-state index contributed by atoms with van der Waals surface area (Å²) in [6.07, 6.45) is 1.17. The van der Waals surface area contributed by atoms with Crippen molar-refractivity contribution in [1.82, 2.24) is 0 Å². The van der Waals surface area contributed by atoms with Crippen molar-refractivity contribution in [3.05, 3.63) is 94.8 Å². The second-order valence-electron chi connectivity index (χ2n) is 10.2. The zero-order valence-corrected chi connectivity index (χ0v) is 23.9. The summed E-state index contributed by atoms with van der Waals surface area (Å²) in [6, 6.07) is 19.1. The van der Waals surface area contributed by atoms with Gasteiger partial charge in [0.1, 0.15) is 5.82 Å². The molecule has 0 aromatic heterocycles. The molecule has 1 heterocycles. The zero-order valence-electron chi connectivity index (χ0n) is 23.0.